The molecule has 0 unspecified atom stereocenters. The molecule has 0 aliphatic rings. The number of nitrogens with two attached hydrogens (primary N) is 1. The number of benzene rings is 1. The average Bonchev–Trinajstić information content (AvgIpc) is 2.54. The van der Waals surface area contributed by atoms with E-state index >= 15 is 0 Å². The summed E-state index contributed by atoms with van der Waals surface area (Å²) in [6.45, 7) is 0. The lowest BCUT2D eigenvalue weighted by Gasteiger charge is -2.10. The van der Waals surface area contributed by atoms with E-state index in [1.807, 2.05) is 6.07 Å². The quantitative estimate of drug-likeness (QED) is 0.635. The lowest BCUT2D eigenvalue weighted by molar-refractivity contribution is 0.340. The second kappa shape index (κ2) is 7.23. The highest BCUT2D eigenvalue weighted by molar-refractivity contribution is 5.69. The number of ether oxygens (including phenoxy) is 2. The van der Waals surface area contributed by atoms with Gasteiger partial charge in [0, 0.05) is 0 Å². The van der Waals surface area contributed by atoms with Crippen LogP contribution in [0.2, 0.25) is 0 Å². The van der Waals surface area contributed by atoms with E-state index in [-0.39, 0.29) is 34.1 Å². The van der Waals surface area contributed by atoms with Crippen molar-refractivity contribution in [2.24, 2.45) is 5.73 Å². The smallest absolute Gasteiger partial charge is 0.200 e. The van der Waals surface area contributed by atoms with Gasteiger partial charge in [-0.3, -0.25) is 0 Å². The highest BCUT2D eigenvalue weighted by Crippen LogP contribution is 2.37. The number of methoxy groups -OCH3 is 2. The zero-order valence-corrected chi connectivity index (χ0v) is 11.9. The summed E-state index contributed by atoms with van der Waals surface area (Å²) in [6.07, 6.45) is 1.36. The zero-order chi connectivity index (χ0) is 16.7. The molecule has 0 radical (unpaired) electrons. The van der Waals surface area contributed by atoms with E-state index in [0.717, 1.165) is 0 Å². The second-order valence-electron chi connectivity index (χ2n) is 3.96. The summed E-state index contributed by atoms with van der Waals surface area (Å²) >= 11 is 0. The number of nitrogens with zero attached hydrogens (tertiary/aromatic N) is 3. The van der Waals surface area contributed by atoms with Crippen molar-refractivity contribution < 1.29 is 14.6 Å². The molecule has 110 valence electrons. The number of hydrogen-bond acceptors (Lipinski definition) is 7. The van der Waals surface area contributed by atoms with Crippen molar-refractivity contribution in [3.63, 3.8) is 0 Å². The molecule has 0 amide bonds. The highest BCUT2D eigenvalue weighted by Gasteiger charge is 2.12. The number of aromatic hydroxyl groups is 1. The maximum absolute atomic E-state index is 9.82. The first kappa shape index (κ1) is 16.4. The molecule has 1 aromatic carbocycles. The fourth-order valence-electron chi connectivity index (χ4n) is 1.61. The molecule has 22 heavy (non-hydrogen) atoms. The predicted octanol–water partition coefficient (Wildman–Crippen LogP) is 1.58. The zero-order valence-electron chi connectivity index (χ0n) is 11.9. The van der Waals surface area contributed by atoms with Gasteiger partial charge in [0.25, 0.3) is 0 Å². The number of hydrogen-bond donors (Lipinski definition) is 2. The average molecular weight is 296 g/mol. The number of phenols is 1. The van der Waals surface area contributed by atoms with Crippen LogP contribution >= 0.6 is 0 Å². The second-order valence-corrected chi connectivity index (χ2v) is 3.96. The largest absolute Gasteiger partial charge is 0.502 e. The van der Waals surface area contributed by atoms with Gasteiger partial charge in [-0.1, -0.05) is 0 Å². The van der Waals surface area contributed by atoms with Crippen LogP contribution in [0.5, 0.6) is 17.2 Å². The van der Waals surface area contributed by atoms with Gasteiger partial charge in [0.1, 0.15) is 18.2 Å². The fraction of sp³-hybridized carbons (Fsp3) is 0.133. The molecule has 0 aliphatic carbocycles. The van der Waals surface area contributed by atoms with Crippen LogP contribution in [0.4, 0.5) is 0 Å². The van der Waals surface area contributed by atoms with Crippen molar-refractivity contribution in [3.8, 4) is 35.5 Å². The minimum atomic E-state index is -0.356. The molecule has 0 spiro atoms. The summed E-state index contributed by atoms with van der Waals surface area (Å²) in [4.78, 5) is 0. The van der Waals surface area contributed by atoms with E-state index in [0.29, 0.717) is 5.56 Å². The Balaban J connectivity index is 3.50. The van der Waals surface area contributed by atoms with E-state index in [1.165, 1.54) is 32.4 Å². The Bertz CT molecular complexity index is 732. The SMILES string of the molecule is COc1cc(/C=C(\C#N)C(N)=C(C#N)C#N)cc(OC)c1O. The van der Waals surface area contributed by atoms with Crippen LogP contribution < -0.4 is 15.2 Å². The first-order chi connectivity index (χ1) is 10.5. The summed E-state index contributed by atoms with van der Waals surface area (Å²) in [7, 11) is 2.73. The van der Waals surface area contributed by atoms with Gasteiger partial charge in [-0.15, -0.1) is 0 Å². The van der Waals surface area contributed by atoms with Gasteiger partial charge in [-0.25, -0.2) is 0 Å². The first-order valence-corrected chi connectivity index (χ1v) is 5.89. The molecule has 0 heterocycles. The van der Waals surface area contributed by atoms with Gasteiger partial charge in [0.15, 0.2) is 17.1 Å². The van der Waals surface area contributed by atoms with Gasteiger partial charge in [0.2, 0.25) is 5.75 Å². The monoisotopic (exact) mass is 296 g/mol. The summed E-state index contributed by atoms with van der Waals surface area (Å²) in [5, 5.41) is 36.5. The van der Waals surface area contributed by atoms with Crippen molar-refractivity contribution in [1.82, 2.24) is 0 Å². The number of rotatable bonds is 4. The van der Waals surface area contributed by atoms with Crippen molar-refractivity contribution in [3.05, 3.63) is 34.5 Å². The summed E-state index contributed by atoms with van der Waals surface area (Å²) in [5.41, 5.74) is 5.45. The van der Waals surface area contributed by atoms with Crippen LogP contribution in [-0.4, -0.2) is 19.3 Å². The molecule has 7 heteroatoms. The molecule has 0 saturated carbocycles. The molecular weight excluding hydrogens is 284 g/mol. The molecule has 0 bridgehead atoms. The van der Waals surface area contributed by atoms with Crippen LogP contribution in [0.3, 0.4) is 0 Å². The predicted molar refractivity (Wildman–Crippen MR) is 77.2 cm³/mol. The maximum atomic E-state index is 9.82. The van der Waals surface area contributed by atoms with E-state index in [4.69, 9.17) is 31.0 Å². The Morgan fingerprint density at radius 1 is 1.09 bits per heavy atom. The van der Waals surface area contributed by atoms with Crippen LogP contribution in [0, 0.1) is 34.0 Å². The molecule has 0 fully saturated rings. The van der Waals surface area contributed by atoms with Gasteiger partial charge >= 0.3 is 0 Å². The fourth-order valence-corrected chi connectivity index (χ4v) is 1.61. The summed E-state index contributed by atoms with van der Waals surface area (Å²) < 4.78 is 10.0. The number of allylic oxidation sites excluding steroid dienone is 2. The minimum absolute atomic E-state index is 0.0621. The molecule has 1 aromatic rings. The molecule has 7 nitrogen and oxygen atoms in total. The Hall–Kier alpha value is -3.63. The first-order valence-electron chi connectivity index (χ1n) is 5.89. The van der Waals surface area contributed by atoms with E-state index in [1.54, 1.807) is 12.1 Å². The van der Waals surface area contributed by atoms with Crippen molar-refractivity contribution >= 4 is 6.08 Å². The van der Waals surface area contributed by atoms with E-state index < -0.39 is 0 Å². The lowest BCUT2D eigenvalue weighted by Crippen LogP contribution is -2.03. The summed E-state index contributed by atoms with van der Waals surface area (Å²) in [6, 6.07) is 7.98. The van der Waals surface area contributed by atoms with Crippen LogP contribution in [0.25, 0.3) is 6.08 Å². The third-order valence-corrected chi connectivity index (χ3v) is 2.72. The van der Waals surface area contributed by atoms with Gasteiger partial charge in [-0.05, 0) is 23.8 Å². The normalized spacial score (nSPS) is 9.86. The molecule has 0 saturated heterocycles. The van der Waals surface area contributed by atoms with E-state index in [2.05, 4.69) is 0 Å². The number of nitriles is 3. The van der Waals surface area contributed by atoms with Crippen LogP contribution in [0.1, 0.15) is 5.56 Å². The standard InChI is InChI=1S/C15H12N4O3/c1-21-12-4-9(5-13(22-2)15(12)20)3-10(6-16)14(19)11(7-17)8-18/h3-5,20H,19H2,1-2H3/b10-3+. The van der Waals surface area contributed by atoms with Crippen LogP contribution in [0.15, 0.2) is 29.0 Å². The van der Waals surface area contributed by atoms with Gasteiger partial charge < -0.3 is 20.3 Å². The lowest BCUT2D eigenvalue weighted by atomic mass is 10.1. The topological polar surface area (TPSA) is 136 Å². The summed E-state index contributed by atoms with van der Waals surface area (Å²) in [5.74, 6) is 0.108. The number of phenolic OH excluding ortho intramolecular Hbond substituents is 1. The minimum Gasteiger partial charge on any atom is -0.502 e. The molecule has 0 aromatic heterocycles. The highest BCUT2D eigenvalue weighted by atomic mass is 16.5. The van der Waals surface area contributed by atoms with E-state index in [9.17, 15) is 5.11 Å². The van der Waals surface area contributed by atoms with Gasteiger partial charge in [-0.2, -0.15) is 15.8 Å². The van der Waals surface area contributed by atoms with Crippen molar-refractivity contribution in [2.45, 2.75) is 0 Å². The van der Waals surface area contributed by atoms with Crippen LogP contribution in [-0.2, 0) is 0 Å². The Morgan fingerprint density at radius 2 is 1.59 bits per heavy atom. The third-order valence-electron chi connectivity index (χ3n) is 2.72. The maximum Gasteiger partial charge on any atom is 0.200 e. The van der Waals surface area contributed by atoms with Crippen molar-refractivity contribution in [2.75, 3.05) is 14.2 Å². The molecule has 3 N–H and O–H groups in total. The Labute approximate surface area is 127 Å². The molecule has 0 aliphatic heterocycles. The van der Waals surface area contributed by atoms with Gasteiger partial charge in [0.05, 0.1) is 25.5 Å². The molecule has 0 atom stereocenters. The molecular formula is C15H12N4O3. The molecule has 1 rings (SSSR count). The third kappa shape index (κ3) is 3.27. The Kier molecular flexibility index (Phi) is 5.40. The Morgan fingerprint density at radius 3 is 1.95 bits per heavy atom. The van der Waals surface area contributed by atoms with Crippen molar-refractivity contribution in [1.29, 1.82) is 15.8 Å².